The predicted molar refractivity (Wildman–Crippen MR) is 226 cm³/mol. The number of fused-ring (bicyclic) bond motifs is 1. The zero-order valence-corrected chi connectivity index (χ0v) is 35.2. The van der Waals surface area contributed by atoms with Crippen LogP contribution in [0.2, 0.25) is 0 Å². The molecule has 0 spiro atoms. The summed E-state index contributed by atoms with van der Waals surface area (Å²) in [6.45, 7) is 5.30. The minimum atomic E-state index is -2.82. The minimum Gasteiger partial charge on any atom is -0.755 e. The van der Waals surface area contributed by atoms with Crippen LogP contribution in [0.4, 0.5) is 0 Å². The third-order valence-electron chi connectivity index (χ3n) is 13.3. The maximum Gasteiger partial charge on any atom is 0.260 e. The predicted octanol–water partition coefficient (Wildman–Crippen LogP) is 6.09. The molecule has 3 heterocycles. The molecule has 3 aromatic rings. The van der Waals surface area contributed by atoms with Gasteiger partial charge in [-0.1, -0.05) is 68.5 Å². The lowest BCUT2D eigenvalue weighted by Gasteiger charge is -2.34. The third-order valence-corrected chi connectivity index (χ3v) is 14.1. The first kappa shape index (κ1) is 41.9. The molecule has 8 rings (SSSR count). The summed E-state index contributed by atoms with van der Waals surface area (Å²) in [6.07, 6.45) is 11.2. The van der Waals surface area contributed by atoms with Crippen molar-refractivity contribution in [3.05, 3.63) is 67.3 Å². The Morgan fingerprint density at radius 3 is 2.42 bits per heavy atom. The SMILES string of the molecule is C=CC1CC1(NC(=O)C1C[C@@H](Oc2cc(-c3ccccc3)nc3cc(OC)ccc23)CN1C(=O)[C@@H](CC(=O)N1CCCCC1)CC1CCCCC1)C(=O)N(C1CC1)S(=O)[O-]. The van der Waals surface area contributed by atoms with E-state index >= 15 is 4.79 Å². The molecular formula is C46H56N5O8S-. The van der Waals surface area contributed by atoms with E-state index in [-0.39, 0.29) is 37.6 Å². The van der Waals surface area contributed by atoms with E-state index in [9.17, 15) is 23.1 Å². The number of benzene rings is 2. The number of piperidine rings is 1. The van der Waals surface area contributed by atoms with E-state index in [0.717, 1.165) is 66.6 Å². The Labute approximate surface area is 354 Å². The van der Waals surface area contributed by atoms with Crippen molar-refractivity contribution in [2.24, 2.45) is 17.8 Å². The summed E-state index contributed by atoms with van der Waals surface area (Å²) >= 11 is -2.82. The van der Waals surface area contributed by atoms with Crippen molar-refractivity contribution in [2.45, 2.75) is 114 Å². The molecule has 320 valence electrons. The van der Waals surface area contributed by atoms with E-state index in [1.165, 1.54) is 0 Å². The lowest BCUT2D eigenvalue weighted by atomic mass is 9.81. The van der Waals surface area contributed by atoms with E-state index in [1.54, 1.807) is 18.1 Å². The number of hydrogen-bond acceptors (Lipinski definition) is 9. The number of ether oxygens (including phenoxy) is 2. The first-order chi connectivity index (χ1) is 29.1. The van der Waals surface area contributed by atoms with Crippen molar-refractivity contribution in [3.63, 3.8) is 0 Å². The molecule has 1 N–H and O–H groups in total. The van der Waals surface area contributed by atoms with Gasteiger partial charge in [-0.2, -0.15) is 0 Å². The molecule has 5 aliphatic rings. The molecule has 6 atom stereocenters. The molecule has 3 saturated carbocycles. The summed E-state index contributed by atoms with van der Waals surface area (Å²) in [5.41, 5.74) is 0.712. The van der Waals surface area contributed by atoms with Gasteiger partial charge in [0.1, 0.15) is 29.2 Å². The number of carbonyl (C=O) groups excluding carboxylic acids is 4. The van der Waals surface area contributed by atoms with Crippen molar-refractivity contribution in [2.75, 3.05) is 26.7 Å². The fourth-order valence-electron chi connectivity index (χ4n) is 9.71. The van der Waals surface area contributed by atoms with Crippen LogP contribution in [0.25, 0.3) is 22.2 Å². The van der Waals surface area contributed by atoms with E-state index in [2.05, 4.69) is 11.9 Å². The zero-order chi connectivity index (χ0) is 42.0. The van der Waals surface area contributed by atoms with Gasteiger partial charge in [0.15, 0.2) is 0 Å². The quantitative estimate of drug-likeness (QED) is 0.141. The summed E-state index contributed by atoms with van der Waals surface area (Å²) < 4.78 is 37.9. The second-order valence-corrected chi connectivity index (χ2v) is 18.2. The molecule has 4 unspecified atom stereocenters. The fourth-order valence-corrected chi connectivity index (χ4v) is 10.5. The molecular weight excluding hydrogens is 783 g/mol. The Hall–Kier alpha value is -4.82. The second kappa shape index (κ2) is 18.0. The van der Waals surface area contributed by atoms with Crippen molar-refractivity contribution < 1.29 is 37.4 Å². The number of rotatable bonds is 15. The van der Waals surface area contributed by atoms with Gasteiger partial charge in [-0.05, 0) is 63.0 Å². The second-order valence-electron chi connectivity index (χ2n) is 17.4. The van der Waals surface area contributed by atoms with Gasteiger partial charge in [0.25, 0.3) is 5.91 Å². The summed E-state index contributed by atoms with van der Waals surface area (Å²) in [6, 6.07) is 15.7. The lowest BCUT2D eigenvalue weighted by Crippen LogP contribution is -2.57. The Morgan fingerprint density at radius 1 is 1.02 bits per heavy atom. The summed E-state index contributed by atoms with van der Waals surface area (Å²) in [5, 5.41) is 3.69. The van der Waals surface area contributed by atoms with Gasteiger partial charge in [0.2, 0.25) is 17.7 Å². The number of methoxy groups -OCH3 is 1. The number of aromatic nitrogens is 1. The molecule has 2 saturated heterocycles. The van der Waals surface area contributed by atoms with E-state index in [4.69, 9.17) is 14.5 Å². The van der Waals surface area contributed by atoms with Crippen LogP contribution in [-0.2, 0) is 30.4 Å². The van der Waals surface area contributed by atoms with E-state index in [1.807, 2.05) is 59.5 Å². The van der Waals surface area contributed by atoms with Crippen LogP contribution in [0, 0.1) is 17.8 Å². The summed E-state index contributed by atoms with van der Waals surface area (Å²) in [5.74, 6) is -1.22. The fraction of sp³-hybridized carbons (Fsp3) is 0.543. The highest BCUT2D eigenvalue weighted by Crippen LogP contribution is 2.48. The topological polar surface area (TPSA) is 162 Å². The molecule has 0 bridgehead atoms. The first-order valence-electron chi connectivity index (χ1n) is 21.7. The number of nitrogens with zero attached hydrogens (tertiary/aromatic N) is 4. The van der Waals surface area contributed by atoms with Crippen LogP contribution in [0.3, 0.4) is 0 Å². The monoisotopic (exact) mass is 838 g/mol. The Bertz CT molecular complexity index is 2120. The number of likely N-dealkylation sites (tertiary alicyclic amines) is 2. The van der Waals surface area contributed by atoms with E-state index in [0.29, 0.717) is 61.0 Å². The van der Waals surface area contributed by atoms with Crippen molar-refractivity contribution in [3.8, 4) is 22.8 Å². The van der Waals surface area contributed by atoms with Crippen molar-refractivity contribution in [1.82, 2.24) is 24.4 Å². The highest BCUT2D eigenvalue weighted by Gasteiger charge is 2.63. The number of pyridine rings is 1. The Morgan fingerprint density at radius 2 is 1.75 bits per heavy atom. The number of hydrogen-bond donors (Lipinski definition) is 1. The largest absolute Gasteiger partial charge is 0.755 e. The highest BCUT2D eigenvalue weighted by molar-refractivity contribution is 7.77. The average Bonchev–Trinajstić information content (AvgIpc) is 4.20. The molecule has 13 nitrogen and oxygen atoms in total. The van der Waals surface area contributed by atoms with Gasteiger partial charge in [0.05, 0.1) is 36.1 Å². The van der Waals surface area contributed by atoms with Crippen LogP contribution in [-0.4, -0.2) is 102 Å². The summed E-state index contributed by atoms with van der Waals surface area (Å²) in [4.78, 5) is 66.1. The Kier molecular flexibility index (Phi) is 12.6. The molecule has 2 aromatic carbocycles. The van der Waals surface area contributed by atoms with Crippen molar-refractivity contribution >= 4 is 45.8 Å². The maximum atomic E-state index is 15.1. The Balaban J connectivity index is 1.12. The van der Waals surface area contributed by atoms with Gasteiger partial charge in [-0.15, -0.1) is 6.58 Å². The molecule has 0 radical (unpaired) electrons. The molecule has 14 heteroatoms. The first-order valence-corrected chi connectivity index (χ1v) is 22.8. The van der Waals surface area contributed by atoms with Gasteiger partial charge in [0, 0.05) is 66.9 Å². The van der Waals surface area contributed by atoms with Crippen LogP contribution >= 0.6 is 0 Å². The smallest absolute Gasteiger partial charge is 0.260 e. The molecule has 3 aliphatic carbocycles. The maximum absolute atomic E-state index is 15.1. The molecule has 5 fully saturated rings. The van der Waals surface area contributed by atoms with Gasteiger partial charge in [-0.25, -0.2) is 4.98 Å². The lowest BCUT2D eigenvalue weighted by molar-refractivity contribution is -0.146. The van der Waals surface area contributed by atoms with Crippen LogP contribution in [0.1, 0.15) is 89.9 Å². The van der Waals surface area contributed by atoms with Crippen molar-refractivity contribution in [1.29, 1.82) is 0 Å². The minimum absolute atomic E-state index is 0.0360. The molecule has 60 heavy (non-hydrogen) atoms. The van der Waals surface area contributed by atoms with Gasteiger partial charge < -0.3 is 29.1 Å². The van der Waals surface area contributed by atoms with Gasteiger partial charge in [-0.3, -0.25) is 27.7 Å². The third kappa shape index (κ3) is 8.95. The zero-order valence-electron chi connectivity index (χ0n) is 34.4. The number of amides is 4. The van der Waals surface area contributed by atoms with Gasteiger partial charge >= 0.3 is 0 Å². The summed E-state index contributed by atoms with van der Waals surface area (Å²) in [7, 11) is 1.59. The van der Waals surface area contributed by atoms with Crippen LogP contribution < -0.4 is 14.8 Å². The standard InChI is InChI=1S/C46H57N5O8S/c1-3-33-28-46(33,45(55)51(60(56)57)34-17-18-34)48-43(53)40-26-36(59-41-27-38(31-15-9-5-10-16-31)47-39-25-35(58-2)19-20-37(39)41)29-50(40)44(54)32(23-30-13-7-4-8-14-30)24-42(52)49-21-11-6-12-22-49/h3,5,9-10,15-16,19-20,25,27,30,32-34,36,40H,1,4,6-8,11-14,17-18,21-24,26,28-29H2,2H3,(H,48,53)(H,56,57)/p-1/t32-,33?,36-,40?,46?/m1/s1. The normalized spacial score (nSPS) is 25.3. The molecule has 1 aromatic heterocycles. The number of carbonyl (C=O) groups is 4. The number of nitrogens with one attached hydrogen (secondary N) is 1. The van der Waals surface area contributed by atoms with Crippen LogP contribution in [0.5, 0.6) is 11.5 Å². The highest BCUT2D eigenvalue weighted by atomic mass is 32.2. The van der Waals surface area contributed by atoms with E-state index < -0.39 is 58.6 Å². The molecule has 2 aliphatic heterocycles. The van der Waals surface area contributed by atoms with Crippen LogP contribution in [0.15, 0.2) is 67.3 Å². The average molecular weight is 839 g/mol. The molecule has 4 amide bonds.